The smallest absolute Gasteiger partial charge is 0.343 e. The number of cyclic esters (lactones) is 1. The Morgan fingerprint density at radius 1 is 1.11 bits per heavy atom. The van der Waals surface area contributed by atoms with E-state index in [1.165, 1.54) is 0 Å². The molecule has 0 saturated heterocycles. The molecule has 2 aliphatic heterocycles. The number of carbonyl (C=O) groups is 1. The molecule has 2 aromatic heterocycles. The summed E-state index contributed by atoms with van der Waals surface area (Å²) in [5.41, 5.74) is 4.33. The van der Waals surface area contributed by atoms with Crippen LogP contribution in [0.25, 0.3) is 22.3 Å². The molecule has 1 aromatic carbocycles. The Labute approximate surface area is 205 Å². The van der Waals surface area contributed by atoms with E-state index in [0.717, 1.165) is 64.9 Å². The van der Waals surface area contributed by atoms with Crippen LogP contribution in [-0.2, 0) is 39.4 Å². The van der Waals surface area contributed by atoms with E-state index >= 15 is 0 Å². The monoisotopic (exact) mass is 476 g/mol. The van der Waals surface area contributed by atoms with Crippen LogP contribution in [0.15, 0.2) is 29.1 Å². The number of unbranched alkanes of at least 4 members (excludes halogenated alkanes) is 2. The summed E-state index contributed by atoms with van der Waals surface area (Å²) in [6.45, 7) is 7.00. The van der Waals surface area contributed by atoms with Crippen LogP contribution in [0, 0.1) is 0 Å². The lowest BCUT2D eigenvalue weighted by molar-refractivity contribution is -0.181. The molecule has 1 atom stereocenters. The molecule has 0 spiro atoms. The minimum absolute atomic E-state index is 0.0308. The zero-order valence-electron chi connectivity index (χ0n) is 20.9. The summed E-state index contributed by atoms with van der Waals surface area (Å²) < 4.78 is 19.0. The molecule has 0 saturated carbocycles. The minimum atomic E-state index is -1.27. The molecule has 0 aliphatic carbocycles. The Morgan fingerprint density at radius 3 is 2.66 bits per heavy atom. The van der Waals surface area contributed by atoms with Gasteiger partial charge in [0, 0.05) is 23.1 Å². The number of hydrogen-bond donors (Lipinski definition) is 0. The third-order valence-corrected chi connectivity index (χ3v) is 7.43. The average molecular weight is 477 g/mol. The van der Waals surface area contributed by atoms with E-state index in [0.29, 0.717) is 30.7 Å². The molecule has 184 valence electrons. The fourth-order valence-electron chi connectivity index (χ4n) is 5.50. The fraction of sp³-hybridized carbons (Fsp3) is 0.464. The first kappa shape index (κ1) is 23.5. The van der Waals surface area contributed by atoms with Gasteiger partial charge in [-0.2, -0.15) is 0 Å². The molecule has 0 bridgehead atoms. The summed E-state index contributed by atoms with van der Waals surface area (Å²) in [5.74, 6) is 0.361. The highest BCUT2D eigenvalue weighted by Gasteiger charge is 2.48. The third kappa shape index (κ3) is 3.56. The van der Waals surface area contributed by atoms with Gasteiger partial charge in [0.1, 0.15) is 12.4 Å². The quantitative estimate of drug-likeness (QED) is 0.267. The topological polar surface area (TPSA) is 79.7 Å². The first-order chi connectivity index (χ1) is 17.0. The van der Waals surface area contributed by atoms with Crippen molar-refractivity contribution >= 4 is 16.9 Å². The second-order valence-electron chi connectivity index (χ2n) is 9.28. The highest BCUT2D eigenvalue weighted by molar-refractivity contribution is 5.90. The van der Waals surface area contributed by atoms with Crippen molar-refractivity contribution in [2.24, 2.45) is 0 Å². The van der Waals surface area contributed by atoms with Crippen molar-refractivity contribution in [1.82, 2.24) is 9.55 Å². The van der Waals surface area contributed by atoms with Crippen molar-refractivity contribution in [2.75, 3.05) is 13.7 Å². The minimum Gasteiger partial charge on any atom is -0.497 e. The van der Waals surface area contributed by atoms with Gasteiger partial charge in [0.2, 0.25) is 0 Å². The van der Waals surface area contributed by atoms with Crippen LogP contribution in [0.5, 0.6) is 5.75 Å². The lowest BCUT2D eigenvalue weighted by Crippen LogP contribution is -2.46. The standard InChI is InChI=1S/C28H32N2O5/c1-5-8-9-12-35-28(7-3)22-14-24-25-20(15-30(24)26(31)21(22)16-34-27(28)32)18(6-2)19-13-17(33-4)10-11-23(19)29-25/h10-11,13-14H,5-9,12,15-16H2,1-4H3/t28-/m0/s1. The Bertz CT molecular complexity index is 1380. The second-order valence-corrected chi connectivity index (χ2v) is 9.28. The maximum atomic E-state index is 13.7. The Hall–Kier alpha value is -3.19. The zero-order valence-corrected chi connectivity index (χ0v) is 20.9. The molecule has 7 heteroatoms. The van der Waals surface area contributed by atoms with Gasteiger partial charge in [-0.3, -0.25) is 4.79 Å². The van der Waals surface area contributed by atoms with Crippen LogP contribution in [0.2, 0.25) is 0 Å². The predicted octanol–water partition coefficient (Wildman–Crippen LogP) is 4.87. The molecule has 35 heavy (non-hydrogen) atoms. The van der Waals surface area contributed by atoms with Gasteiger partial charge < -0.3 is 18.8 Å². The number of methoxy groups -OCH3 is 1. The van der Waals surface area contributed by atoms with Crippen molar-refractivity contribution in [1.29, 1.82) is 0 Å². The largest absolute Gasteiger partial charge is 0.497 e. The maximum Gasteiger partial charge on any atom is 0.343 e. The van der Waals surface area contributed by atoms with Crippen LogP contribution < -0.4 is 10.3 Å². The number of aryl methyl sites for hydroxylation is 1. The molecule has 0 radical (unpaired) electrons. The molecule has 0 amide bonds. The van der Waals surface area contributed by atoms with Gasteiger partial charge >= 0.3 is 5.97 Å². The van der Waals surface area contributed by atoms with Crippen LogP contribution >= 0.6 is 0 Å². The van der Waals surface area contributed by atoms with E-state index in [1.807, 2.05) is 31.2 Å². The first-order valence-electron chi connectivity index (χ1n) is 12.6. The molecule has 0 unspecified atom stereocenters. The van der Waals surface area contributed by atoms with E-state index in [1.54, 1.807) is 11.7 Å². The third-order valence-electron chi connectivity index (χ3n) is 7.43. The van der Waals surface area contributed by atoms with Crippen molar-refractivity contribution < 1.29 is 19.0 Å². The zero-order chi connectivity index (χ0) is 24.7. The van der Waals surface area contributed by atoms with E-state index in [4.69, 9.17) is 19.2 Å². The molecule has 2 aliphatic rings. The van der Waals surface area contributed by atoms with E-state index < -0.39 is 11.6 Å². The molecule has 7 nitrogen and oxygen atoms in total. The van der Waals surface area contributed by atoms with Crippen molar-refractivity contribution in [3.05, 3.63) is 56.9 Å². The van der Waals surface area contributed by atoms with E-state index in [2.05, 4.69) is 13.8 Å². The van der Waals surface area contributed by atoms with Crippen LogP contribution in [0.3, 0.4) is 0 Å². The average Bonchev–Trinajstić information content (AvgIpc) is 3.24. The van der Waals surface area contributed by atoms with E-state index in [9.17, 15) is 9.59 Å². The number of hydrogen-bond acceptors (Lipinski definition) is 6. The molecular weight excluding hydrogens is 444 g/mol. The predicted molar refractivity (Wildman–Crippen MR) is 134 cm³/mol. The number of benzene rings is 1. The normalized spacial score (nSPS) is 18.2. The molecule has 0 fully saturated rings. The van der Waals surface area contributed by atoms with Crippen LogP contribution in [0.4, 0.5) is 0 Å². The number of esters is 1. The number of fused-ring (bicyclic) bond motifs is 5. The van der Waals surface area contributed by atoms with Crippen molar-refractivity contribution in [3.8, 4) is 17.1 Å². The van der Waals surface area contributed by atoms with Crippen molar-refractivity contribution in [3.63, 3.8) is 0 Å². The Kier molecular flexibility index (Phi) is 6.13. The molecule has 4 heterocycles. The summed E-state index contributed by atoms with van der Waals surface area (Å²) in [7, 11) is 1.65. The van der Waals surface area contributed by atoms with Crippen LogP contribution in [-0.4, -0.2) is 29.2 Å². The van der Waals surface area contributed by atoms with Crippen LogP contribution in [0.1, 0.15) is 68.7 Å². The number of carbonyl (C=O) groups excluding carboxylic acids is 1. The number of pyridine rings is 2. The highest BCUT2D eigenvalue weighted by Crippen LogP contribution is 2.42. The number of ether oxygens (including phenoxy) is 3. The lowest BCUT2D eigenvalue weighted by atomic mass is 9.85. The number of rotatable bonds is 8. The first-order valence-corrected chi connectivity index (χ1v) is 12.6. The number of nitrogens with zero attached hydrogens (tertiary/aromatic N) is 2. The van der Waals surface area contributed by atoms with Gasteiger partial charge in [-0.25, -0.2) is 9.78 Å². The Balaban J connectivity index is 1.70. The molecule has 3 aromatic rings. The highest BCUT2D eigenvalue weighted by atomic mass is 16.6. The van der Waals surface area contributed by atoms with Gasteiger partial charge in [-0.15, -0.1) is 0 Å². The maximum absolute atomic E-state index is 13.7. The second kappa shape index (κ2) is 9.11. The van der Waals surface area contributed by atoms with Gasteiger partial charge in [0.15, 0.2) is 5.60 Å². The summed E-state index contributed by atoms with van der Waals surface area (Å²) in [5, 5.41) is 1.04. The SMILES string of the molecule is CCCCCO[C@]1(CC)C(=O)OCc2c1cc1n(c2=O)Cc2c-1nc1ccc(OC)cc1c2CC. The van der Waals surface area contributed by atoms with Gasteiger partial charge in [0.05, 0.1) is 36.1 Å². The summed E-state index contributed by atoms with van der Waals surface area (Å²) >= 11 is 0. The Morgan fingerprint density at radius 2 is 1.94 bits per heavy atom. The fourth-order valence-corrected chi connectivity index (χ4v) is 5.50. The summed E-state index contributed by atoms with van der Waals surface area (Å²) in [6, 6.07) is 7.82. The van der Waals surface area contributed by atoms with Gasteiger partial charge in [0.25, 0.3) is 5.56 Å². The summed E-state index contributed by atoms with van der Waals surface area (Å²) in [4.78, 5) is 31.8. The van der Waals surface area contributed by atoms with Gasteiger partial charge in [-0.05, 0) is 49.1 Å². The molecule has 5 rings (SSSR count). The van der Waals surface area contributed by atoms with Gasteiger partial charge in [-0.1, -0.05) is 33.6 Å². The molecular formula is C28H32N2O5. The number of aromatic nitrogens is 2. The molecule has 0 N–H and O–H groups in total. The summed E-state index contributed by atoms with van der Waals surface area (Å²) in [6.07, 6.45) is 4.12. The van der Waals surface area contributed by atoms with Crippen molar-refractivity contribution in [2.45, 2.75) is 71.6 Å². The van der Waals surface area contributed by atoms with E-state index in [-0.39, 0.29) is 12.2 Å². The lowest BCUT2D eigenvalue weighted by Gasteiger charge is -2.36.